The summed E-state index contributed by atoms with van der Waals surface area (Å²) in [7, 11) is 0. The minimum atomic E-state index is -1.58. The lowest BCUT2D eigenvalue weighted by Crippen LogP contribution is -2.59. The lowest BCUT2D eigenvalue weighted by atomic mass is 9.93. The quantitative estimate of drug-likeness (QED) is 0.0402. The van der Waals surface area contributed by atoms with Gasteiger partial charge in [0.1, 0.15) is 24.6 Å². The molecule has 5 N–H and O–H groups in total. The summed E-state index contributed by atoms with van der Waals surface area (Å²) in [6, 6.07) is 18.1. The van der Waals surface area contributed by atoms with Gasteiger partial charge >= 0.3 is 0 Å². The van der Waals surface area contributed by atoms with Gasteiger partial charge in [-0.25, -0.2) is 19.0 Å². The Hall–Kier alpha value is -4.79. The number of para-hydroxylation sites is 1. The van der Waals surface area contributed by atoms with Gasteiger partial charge in [0.15, 0.2) is 29.6 Å². The van der Waals surface area contributed by atoms with Crippen LogP contribution in [-0.4, -0.2) is 56.3 Å². The van der Waals surface area contributed by atoms with Gasteiger partial charge in [-0.1, -0.05) is 86.5 Å². The number of allylic oxidation sites excluding steroid dienone is 1. The molecule has 0 bridgehead atoms. The van der Waals surface area contributed by atoms with Gasteiger partial charge in [-0.15, -0.1) is 16.8 Å². The standard InChI is InChI=1S/C31H29F3N6O3.C9H18O/c1-2-18-8-6-7-11-24(18)39-17-37-38-30(39)26-14-25(40(36)15-23(35)20-12-21(32)28(34)22(33)13-20)29-27(42-26)16-41-31(43-29)19-9-4-3-5-10-19;1-2-3-4-5-6-7-8-9-10/h2-13,15,17,25-27,29,31H,1,14,16,35-36H2;2,10H,1,3-9H2/b23-15-;. The van der Waals surface area contributed by atoms with Crippen LogP contribution in [0, 0.1) is 17.5 Å². The molecule has 3 heterocycles. The molecule has 3 aromatic carbocycles. The summed E-state index contributed by atoms with van der Waals surface area (Å²) in [6.45, 7) is 8.10. The molecule has 2 fully saturated rings. The smallest absolute Gasteiger partial charge is 0.194 e. The summed E-state index contributed by atoms with van der Waals surface area (Å²) < 4.78 is 62.2. The van der Waals surface area contributed by atoms with Crippen LogP contribution in [0.5, 0.6) is 0 Å². The Morgan fingerprint density at radius 1 is 0.962 bits per heavy atom. The van der Waals surface area contributed by atoms with Crippen LogP contribution >= 0.6 is 0 Å². The van der Waals surface area contributed by atoms with Gasteiger partial charge in [0.25, 0.3) is 0 Å². The zero-order valence-electron chi connectivity index (χ0n) is 29.6. The first-order valence-electron chi connectivity index (χ1n) is 17.7. The Morgan fingerprint density at radius 2 is 1.66 bits per heavy atom. The molecule has 5 atom stereocenters. The van der Waals surface area contributed by atoms with Crippen LogP contribution in [0.4, 0.5) is 13.2 Å². The van der Waals surface area contributed by atoms with E-state index in [1.807, 2.05) is 65.2 Å². The first-order valence-corrected chi connectivity index (χ1v) is 17.7. The molecule has 2 saturated heterocycles. The maximum atomic E-state index is 13.9. The Balaban J connectivity index is 0.000000476. The van der Waals surface area contributed by atoms with Crippen molar-refractivity contribution in [2.45, 2.75) is 75.6 Å². The molecule has 0 amide bonds. The van der Waals surface area contributed by atoms with Crippen LogP contribution in [0.25, 0.3) is 17.5 Å². The zero-order valence-corrected chi connectivity index (χ0v) is 29.6. The van der Waals surface area contributed by atoms with E-state index in [0.717, 1.165) is 41.8 Å². The van der Waals surface area contributed by atoms with Crippen LogP contribution in [-0.2, 0) is 14.2 Å². The Morgan fingerprint density at radius 3 is 2.38 bits per heavy atom. The molecule has 53 heavy (non-hydrogen) atoms. The Kier molecular flexibility index (Phi) is 14.4. The third kappa shape index (κ3) is 10.0. The summed E-state index contributed by atoms with van der Waals surface area (Å²) in [6.07, 6.45) is 11.6. The lowest BCUT2D eigenvalue weighted by Gasteiger charge is -2.48. The molecule has 1 aromatic heterocycles. The number of nitrogens with two attached hydrogens (primary N) is 2. The molecule has 13 heteroatoms. The number of hydrogen-bond acceptors (Lipinski definition) is 9. The average molecular weight is 733 g/mol. The summed E-state index contributed by atoms with van der Waals surface area (Å²) in [5, 5.41) is 18.3. The molecule has 0 radical (unpaired) electrons. The molecular formula is C40H47F3N6O4. The van der Waals surface area contributed by atoms with Gasteiger partial charge in [0.05, 0.1) is 24.0 Å². The van der Waals surface area contributed by atoms with Gasteiger partial charge in [-0.2, -0.15) is 0 Å². The molecule has 4 aromatic rings. The highest BCUT2D eigenvalue weighted by Crippen LogP contribution is 2.40. The average Bonchev–Trinajstić information content (AvgIpc) is 3.68. The molecular weight excluding hydrogens is 685 g/mol. The highest BCUT2D eigenvalue weighted by molar-refractivity contribution is 5.62. The van der Waals surface area contributed by atoms with E-state index in [9.17, 15) is 13.2 Å². The second-order valence-corrected chi connectivity index (χ2v) is 12.8. The predicted octanol–water partition coefficient (Wildman–Crippen LogP) is 7.28. The van der Waals surface area contributed by atoms with E-state index in [-0.39, 0.29) is 24.3 Å². The predicted molar refractivity (Wildman–Crippen MR) is 197 cm³/mol. The number of fused-ring (bicyclic) bond motifs is 1. The number of nitrogens with zero attached hydrogens (tertiary/aromatic N) is 4. The SMILES string of the molecule is C=CCCCCCCCO.C=Cc1ccccc1-n1cnnc1C1CC(N(N)/C=C(\N)c2cc(F)c(F)c(F)c2)C2OC(c3ccccc3)OCC2O1. The monoisotopic (exact) mass is 732 g/mol. The van der Waals surface area contributed by atoms with Crippen molar-refractivity contribution in [3.05, 3.63) is 138 Å². The number of hydrogen-bond donors (Lipinski definition) is 3. The van der Waals surface area contributed by atoms with Gasteiger partial charge in [0, 0.05) is 30.4 Å². The molecule has 10 nitrogen and oxygen atoms in total. The number of aliphatic hydroxyl groups excluding tert-OH is 1. The van der Waals surface area contributed by atoms with E-state index in [1.54, 1.807) is 12.4 Å². The van der Waals surface area contributed by atoms with Crippen LogP contribution in [0.2, 0.25) is 0 Å². The fourth-order valence-corrected chi connectivity index (χ4v) is 6.38. The molecule has 0 spiro atoms. The highest BCUT2D eigenvalue weighted by atomic mass is 19.2. The van der Waals surface area contributed by atoms with Gasteiger partial charge < -0.3 is 30.1 Å². The fraction of sp³-hybridized carbons (Fsp3) is 0.350. The maximum Gasteiger partial charge on any atom is 0.194 e. The maximum absolute atomic E-state index is 13.9. The molecule has 2 aliphatic heterocycles. The molecule has 282 valence electrons. The molecule has 0 aliphatic carbocycles. The first kappa shape index (κ1) is 39.4. The van der Waals surface area contributed by atoms with Crippen LogP contribution in [0.1, 0.15) is 79.9 Å². The Bertz CT molecular complexity index is 1800. The Labute approximate surface area is 308 Å². The lowest BCUT2D eigenvalue weighted by molar-refractivity contribution is -0.303. The van der Waals surface area contributed by atoms with Crippen molar-refractivity contribution in [1.29, 1.82) is 0 Å². The summed E-state index contributed by atoms with van der Waals surface area (Å²) in [4.78, 5) is 0. The third-order valence-corrected chi connectivity index (χ3v) is 9.14. The van der Waals surface area contributed by atoms with E-state index in [2.05, 4.69) is 23.4 Å². The number of halogens is 3. The van der Waals surface area contributed by atoms with Crippen LogP contribution < -0.4 is 11.6 Å². The number of aliphatic hydroxyl groups is 1. The molecule has 6 rings (SSSR count). The third-order valence-electron chi connectivity index (χ3n) is 9.14. The summed E-state index contributed by atoms with van der Waals surface area (Å²) in [5.41, 5.74) is 8.55. The summed E-state index contributed by atoms with van der Waals surface area (Å²) >= 11 is 0. The highest BCUT2D eigenvalue weighted by Gasteiger charge is 2.47. The van der Waals surface area contributed by atoms with Crippen molar-refractivity contribution >= 4 is 11.8 Å². The number of ether oxygens (including phenoxy) is 3. The second kappa shape index (κ2) is 19.3. The molecule has 0 saturated carbocycles. The number of benzene rings is 3. The number of rotatable bonds is 14. The fourth-order valence-electron chi connectivity index (χ4n) is 6.38. The van der Waals surface area contributed by atoms with Crippen molar-refractivity contribution in [2.24, 2.45) is 11.6 Å². The van der Waals surface area contributed by atoms with Crippen LogP contribution in [0.3, 0.4) is 0 Å². The second-order valence-electron chi connectivity index (χ2n) is 12.8. The molecule has 5 unspecified atom stereocenters. The van der Waals surface area contributed by atoms with Gasteiger partial charge in [-0.05, 0) is 43.0 Å². The number of aromatic nitrogens is 3. The van der Waals surface area contributed by atoms with Gasteiger partial charge in [0.2, 0.25) is 0 Å². The van der Waals surface area contributed by atoms with Crippen molar-refractivity contribution in [3.8, 4) is 5.69 Å². The van der Waals surface area contributed by atoms with Crippen LogP contribution in [0.15, 0.2) is 98.5 Å². The minimum absolute atomic E-state index is 0.0668. The van der Waals surface area contributed by atoms with Crippen molar-refractivity contribution in [2.75, 3.05) is 13.2 Å². The molecule has 2 aliphatic rings. The largest absolute Gasteiger partial charge is 0.397 e. The zero-order chi connectivity index (χ0) is 37.7. The normalized spacial score (nSPS) is 21.2. The number of unbranched alkanes of at least 4 members (excludes halogenated alkanes) is 5. The minimum Gasteiger partial charge on any atom is -0.397 e. The topological polar surface area (TPSA) is 134 Å². The van der Waals surface area contributed by atoms with Gasteiger partial charge in [-0.3, -0.25) is 4.57 Å². The van der Waals surface area contributed by atoms with E-state index in [1.165, 1.54) is 36.9 Å². The van der Waals surface area contributed by atoms with Crippen molar-refractivity contribution < 1.29 is 32.5 Å². The van der Waals surface area contributed by atoms with Crippen molar-refractivity contribution in [1.82, 2.24) is 19.8 Å². The van der Waals surface area contributed by atoms with E-state index in [4.69, 9.17) is 30.9 Å². The van der Waals surface area contributed by atoms with E-state index >= 15 is 0 Å². The van der Waals surface area contributed by atoms with E-state index < -0.39 is 48.1 Å². The number of hydrazine groups is 1. The van der Waals surface area contributed by atoms with Crippen molar-refractivity contribution in [3.63, 3.8) is 0 Å². The first-order chi connectivity index (χ1) is 25.7. The van der Waals surface area contributed by atoms with E-state index in [0.29, 0.717) is 12.4 Å². The summed E-state index contributed by atoms with van der Waals surface area (Å²) in [5.74, 6) is 2.79.